The van der Waals surface area contributed by atoms with Gasteiger partial charge in [0.2, 0.25) is 0 Å². The number of nitrogens with one attached hydrogen (secondary N) is 1. The minimum atomic E-state index is -0.553. The van der Waals surface area contributed by atoms with Crippen LogP contribution in [0.25, 0.3) is 0 Å². The van der Waals surface area contributed by atoms with Gasteiger partial charge in [0.15, 0.2) is 0 Å². The molecule has 2 aromatic rings. The van der Waals surface area contributed by atoms with Crippen molar-refractivity contribution in [3.63, 3.8) is 0 Å². The molecule has 0 aliphatic heterocycles. The molecule has 2 rings (SSSR count). The first-order valence-electron chi connectivity index (χ1n) is 5.91. The maximum atomic E-state index is 13.7. The fourth-order valence-corrected chi connectivity index (χ4v) is 2.47. The maximum absolute atomic E-state index is 13.7. The Balaban J connectivity index is 2.32. The molecule has 5 heteroatoms. The van der Waals surface area contributed by atoms with Crippen LogP contribution in [-0.2, 0) is 0 Å². The highest BCUT2D eigenvalue weighted by Crippen LogP contribution is 2.29. The molecule has 0 unspecified atom stereocenters. The molecule has 0 aromatic heterocycles. The van der Waals surface area contributed by atoms with Gasteiger partial charge in [0.05, 0.1) is 11.3 Å². The summed E-state index contributed by atoms with van der Waals surface area (Å²) in [5.74, 6) is -1.06. The van der Waals surface area contributed by atoms with E-state index in [0.717, 1.165) is 11.1 Å². The van der Waals surface area contributed by atoms with Crippen molar-refractivity contribution < 1.29 is 9.18 Å². The summed E-state index contributed by atoms with van der Waals surface area (Å²) in [6.45, 7) is 3.66. The van der Waals surface area contributed by atoms with Gasteiger partial charge < -0.3 is 5.32 Å². The van der Waals surface area contributed by atoms with Crippen molar-refractivity contribution in [1.82, 2.24) is 0 Å². The Morgan fingerprint density at radius 3 is 2.65 bits per heavy atom. The summed E-state index contributed by atoms with van der Waals surface area (Å²) in [4.78, 5) is 12.1. The molecule has 2 nitrogen and oxygen atoms in total. The zero-order valence-electron chi connectivity index (χ0n) is 10.9. The second-order valence-corrected chi connectivity index (χ2v) is 5.78. The molecule has 0 saturated carbocycles. The monoisotopic (exact) mass is 355 g/mol. The smallest absolute Gasteiger partial charge is 0.258 e. The first-order chi connectivity index (χ1) is 9.38. The molecule has 104 valence electrons. The number of benzene rings is 2. The van der Waals surface area contributed by atoms with Crippen molar-refractivity contribution in [2.24, 2.45) is 0 Å². The summed E-state index contributed by atoms with van der Waals surface area (Å²) in [6.07, 6.45) is 0. The summed E-state index contributed by atoms with van der Waals surface area (Å²) in [7, 11) is 0. The lowest BCUT2D eigenvalue weighted by atomic mass is 10.1. The molecule has 0 aliphatic carbocycles. The molecule has 1 N–H and O–H groups in total. The molecule has 0 bridgehead atoms. The lowest BCUT2D eigenvalue weighted by Crippen LogP contribution is -2.14. The van der Waals surface area contributed by atoms with E-state index in [2.05, 4.69) is 21.2 Å². The predicted octanol–water partition coefficient (Wildman–Crippen LogP) is 5.11. The van der Waals surface area contributed by atoms with Gasteiger partial charge in [-0.1, -0.05) is 23.2 Å². The van der Waals surface area contributed by atoms with Gasteiger partial charge in [-0.25, -0.2) is 4.39 Å². The number of carbonyl (C=O) groups is 1. The quantitative estimate of drug-likeness (QED) is 0.796. The van der Waals surface area contributed by atoms with Crippen molar-refractivity contribution >= 4 is 39.1 Å². The largest absolute Gasteiger partial charge is 0.321 e. The third kappa shape index (κ3) is 3.19. The van der Waals surface area contributed by atoms with Crippen LogP contribution in [0.4, 0.5) is 10.1 Å². The Morgan fingerprint density at radius 1 is 1.25 bits per heavy atom. The minimum absolute atomic E-state index is 0.00796. The third-order valence-electron chi connectivity index (χ3n) is 2.86. The maximum Gasteiger partial charge on any atom is 0.258 e. The summed E-state index contributed by atoms with van der Waals surface area (Å²) < 4.78 is 14.4. The van der Waals surface area contributed by atoms with Gasteiger partial charge in [-0.2, -0.15) is 0 Å². The fraction of sp³-hybridized carbons (Fsp3) is 0.133. The zero-order valence-corrected chi connectivity index (χ0v) is 13.3. The Labute approximate surface area is 130 Å². The van der Waals surface area contributed by atoms with Crippen LogP contribution in [0.3, 0.4) is 0 Å². The van der Waals surface area contributed by atoms with Crippen LogP contribution in [-0.4, -0.2) is 5.91 Å². The lowest BCUT2D eigenvalue weighted by Gasteiger charge is -2.10. The first-order valence-corrected chi connectivity index (χ1v) is 7.08. The van der Waals surface area contributed by atoms with Crippen molar-refractivity contribution in [2.75, 3.05) is 5.32 Å². The standard InChI is InChI=1S/C15H12BrClFNO/c1-8-3-4-13(18)10(5-8)15(20)19-14-7-12(17)9(2)6-11(14)16/h3-7H,1-2H3,(H,19,20). The van der Waals surface area contributed by atoms with Crippen LogP contribution in [0, 0.1) is 19.7 Å². The molecule has 2 aromatic carbocycles. The fourth-order valence-electron chi connectivity index (χ4n) is 1.74. The van der Waals surface area contributed by atoms with Crippen LogP contribution in [0.2, 0.25) is 5.02 Å². The molecule has 0 atom stereocenters. The molecule has 0 saturated heterocycles. The number of carbonyl (C=O) groups excluding carboxylic acids is 1. The van der Waals surface area contributed by atoms with Gasteiger partial charge in [0.1, 0.15) is 5.82 Å². The van der Waals surface area contributed by atoms with E-state index in [1.54, 1.807) is 25.1 Å². The number of hydrogen-bond donors (Lipinski definition) is 1. The van der Waals surface area contributed by atoms with E-state index >= 15 is 0 Å². The highest BCUT2D eigenvalue weighted by atomic mass is 79.9. The molecule has 0 aliphatic rings. The molecule has 0 heterocycles. The zero-order chi connectivity index (χ0) is 14.9. The average molecular weight is 357 g/mol. The number of aryl methyl sites for hydroxylation is 2. The van der Waals surface area contributed by atoms with Gasteiger partial charge in [0.25, 0.3) is 5.91 Å². The predicted molar refractivity (Wildman–Crippen MR) is 83.0 cm³/mol. The topological polar surface area (TPSA) is 29.1 Å². The average Bonchev–Trinajstić information content (AvgIpc) is 2.38. The van der Waals surface area contributed by atoms with Crippen LogP contribution >= 0.6 is 27.5 Å². The molecular weight excluding hydrogens is 345 g/mol. The van der Waals surface area contributed by atoms with Crippen LogP contribution < -0.4 is 5.32 Å². The summed E-state index contributed by atoms with van der Waals surface area (Å²) in [6, 6.07) is 7.83. The van der Waals surface area contributed by atoms with E-state index in [0.29, 0.717) is 15.2 Å². The Morgan fingerprint density at radius 2 is 1.95 bits per heavy atom. The first kappa shape index (κ1) is 15.0. The van der Waals surface area contributed by atoms with Gasteiger partial charge >= 0.3 is 0 Å². The molecule has 0 radical (unpaired) electrons. The van der Waals surface area contributed by atoms with Gasteiger partial charge in [-0.05, 0) is 59.6 Å². The summed E-state index contributed by atoms with van der Waals surface area (Å²) >= 11 is 9.37. The lowest BCUT2D eigenvalue weighted by molar-refractivity contribution is 0.102. The number of hydrogen-bond acceptors (Lipinski definition) is 1. The molecule has 20 heavy (non-hydrogen) atoms. The number of amides is 1. The van der Waals surface area contributed by atoms with Crippen molar-refractivity contribution in [2.45, 2.75) is 13.8 Å². The van der Waals surface area contributed by atoms with Crippen LogP contribution in [0.1, 0.15) is 21.5 Å². The summed E-state index contributed by atoms with van der Waals surface area (Å²) in [5.41, 5.74) is 2.22. The third-order valence-corrected chi connectivity index (χ3v) is 3.93. The number of halogens is 3. The van der Waals surface area contributed by atoms with Crippen molar-refractivity contribution in [1.29, 1.82) is 0 Å². The second-order valence-electron chi connectivity index (χ2n) is 4.52. The molecular formula is C15H12BrClFNO. The van der Waals surface area contributed by atoms with Gasteiger partial charge in [-0.15, -0.1) is 0 Å². The number of rotatable bonds is 2. The van der Waals surface area contributed by atoms with E-state index in [1.807, 2.05) is 6.92 Å². The molecule has 0 spiro atoms. The molecule has 1 amide bonds. The Bertz CT molecular complexity index is 688. The van der Waals surface area contributed by atoms with E-state index in [4.69, 9.17) is 11.6 Å². The van der Waals surface area contributed by atoms with Crippen LogP contribution in [0.5, 0.6) is 0 Å². The van der Waals surface area contributed by atoms with E-state index in [9.17, 15) is 9.18 Å². The Kier molecular flexibility index (Phi) is 4.45. The number of anilines is 1. The van der Waals surface area contributed by atoms with E-state index < -0.39 is 11.7 Å². The SMILES string of the molecule is Cc1ccc(F)c(C(=O)Nc2cc(Cl)c(C)cc2Br)c1. The van der Waals surface area contributed by atoms with Crippen LogP contribution in [0.15, 0.2) is 34.8 Å². The highest BCUT2D eigenvalue weighted by Gasteiger charge is 2.14. The van der Waals surface area contributed by atoms with Crippen molar-refractivity contribution in [3.8, 4) is 0 Å². The van der Waals surface area contributed by atoms with Gasteiger partial charge in [0, 0.05) is 9.50 Å². The van der Waals surface area contributed by atoms with Gasteiger partial charge in [-0.3, -0.25) is 4.79 Å². The van der Waals surface area contributed by atoms with E-state index in [1.165, 1.54) is 12.1 Å². The normalized spacial score (nSPS) is 10.4. The Hall–Kier alpha value is -1.39. The van der Waals surface area contributed by atoms with E-state index in [-0.39, 0.29) is 5.56 Å². The minimum Gasteiger partial charge on any atom is -0.321 e. The molecule has 0 fully saturated rings. The highest BCUT2D eigenvalue weighted by molar-refractivity contribution is 9.10. The summed E-state index contributed by atoms with van der Waals surface area (Å²) in [5, 5.41) is 3.19. The second kappa shape index (κ2) is 5.94. The van der Waals surface area contributed by atoms with Crippen molar-refractivity contribution in [3.05, 3.63) is 62.3 Å².